The number of furan rings is 1. The van der Waals surface area contributed by atoms with E-state index in [0.29, 0.717) is 13.1 Å². The Bertz CT molecular complexity index is 540. The van der Waals surface area contributed by atoms with E-state index in [1.165, 1.54) is 4.88 Å². The Morgan fingerprint density at radius 1 is 1.40 bits per heavy atom. The second kappa shape index (κ2) is 7.09. The highest BCUT2D eigenvalue weighted by Crippen LogP contribution is 2.15. The smallest absolute Gasteiger partial charge is 0.192 e. The van der Waals surface area contributed by atoms with Gasteiger partial charge in [0.25, 0.3) is 0 Å². The molecule has 0 aliphatic rings. The first kappa shape index (κ1) is 14.6. The molecule has 0 amide bonds. The molecule has 0 aliphatic heterocycles. The molecular formula is C14H20N4OS. The maximum absolute atomic E-state index is 5.27. The van der Waals surface area contributed by atoms with E-state index in [0.717, 1.165) is 29.0 Å². The van der Waals surface area contributed by atoms with Gasteiger partial charge in [-0.2, -0.15) is 0 Å². The minimum Gasteiger partial charge on any atom is -0.467 e. The molecule has 0 aromatic carbocycles. The number of aliphatic imine (C=N–C) groups is 1. The minimum absolute atomic E-state index is 0.526. The van der Waals surface area contributed by atoms with Gasteiger partial charge in [0.05, 0.1) is 18.5 Å². The van der Waals surface area contributed by atoms with Crippen LogP contribution in [-0.2, 0) is 13.1 Å². The normalized spacial score (nSPS) is 11.7. The zero-order chi connectivity index (χ0) is 14.4. The fraction of sp³-hybridized carbons (Fsp3) is 0.429. The fourth-order valence-electron chi connectivity index (χ4n) is 1.68. The maximum atomic E-state index is 5.27. The van der Waals surface area contributed by atoms with Crippen LogP contribution in [0.15, 0.2) is 27.8 Å². The number of guanidine groups is 1. The number of thiazole rings is 1. The van der Waals surface area contributed by atoms with Crippen molar-refractivity contribution < 1.29 is 4.42 Å². The van der Waals surface area contributed by atoms with Crippen molar-refractivity contribution in [2.24, 2.45) is 4.99 Å². The lowest BCUT2D eigenvalue weighted by Crippen LogP contribution is -2.36. The van der Waals surface area contributed by atoms with Crippen molar-refractivity contribution in [1.82, 2.24) is 15.6 Å². The van der Waals surface area contributed by atoms with Gasteiger partial charge in [0.2, 0.25) is 0 Å². The van der Waals surface area contributed by atoms with Gasteiger partial charge < -0.3 is 15.1 Å². The van der Waals surface area contributed by atoms with Crippen LogP contribution in [0.4, 0.5) is 0 Å². The van der Waals surface area contributed by atoms with Gasteiger partial charge in [0.1, 0.15) is 17.3 Å². The standard InChI is InChI=1S/C14H20N4OS/c1-4-15-14(16-8-12-6-5-7-19-12)17-9-13-18-10(2)11(3)20-13/h5-7H,4,8-9H2,1-3H3,(H2,15,16,17). The van der Waals surface area contributed by atoms with Gasteiger partial charge in [0, 0.05) is 11.4 Å². The van der Waals surface area contributed by atoms with Crippen LogP contribution in [0.3, 0.4) is 0 Å². The van der Waals surface area contributed by atoms with Crippen LogP contribution in [0.2, 0.25) is 0 Å². The highest BCUT2D eigenvalue weighted by Gasteiger charge is 2.05. The molecule has 0 saturated heterocycles. The molecular weight excluding hydrogens is 272 g/mol. The van der Waals surface area contributed by atoms with Gasteiger partial charge in [-0.1, -0.05) is 0 Å². The number of hydrogen-bond donors (Lipinski definition) is 2. The van der Waals surface area contributed by atoms with Crippen molar-refractivity contribution in [2.75, 3.05) is 6.54 Å². The van der Waals surface area contributed by atoms with Crippen LogP contribution < -0.4 is 10.6 Å². The molecule has 2 heterocycles. The SMILES string of the molecule is CCNC(=NCc1ccco1)NCc1nc(C)c(C)s1. The van der Waals surface area contributed by atoms with Crippen molar-refractivity contribution in [3.8, 4) is 0 Å². The lowest BCUT2D eigenvalue weighted by molar-refractivity contribution is 0.512. The average Bonchev–Trinajstić information content (AvgIpc) is 3.04. The molecule has 0 unspecified atom stereocenters. The Balaban J connectivity index is 1.93. The topological polar surface area (TPSA) is 62.5 Å². The summed E-state index contributed by atoms with van der Waals surface area (Å²) in [5.74, 6) is 1.62. The van der Waals surface area contributed by atoms with Crippen molar-refractivity contribution in [3.05, 3.63) is 39.7 Å². The van der Waals surface area contributed by atoms with E-state index < -0.39 is 0 Å². The molecule has 0 fully saturated rings. The lowest BCUT2D eigenvalue weighted by Gasteiger charge is -2.09. The Hall–Kier alpha value is -1.82. The summed E-state index contributed by atoms with van der Waals surface area (Å²) in [5, 5.41) is 7.57. The number of rotatable bonds is 5. The first-order valence-electron chi connectivity index (χ1n) is 6.66. The van der Waals surface area contributed by atoms with E-state index in [9.17, 15) is 0 Å². The molecule has 20 heavy (non-hydrogen) atoms. The number of nitrogens with one attached hydrogen (secondary N) is 2. The first-order valence-corrected chi connectivity index (χ1v) is 7.48. The zero-order valence-electron chi connectivity index (χ0n) is 12.1. The summed E-state index contributed by atoms with van der Waals surface area (Å²) in [5.41, 5.74) is 1.10. The van der Waals surface area contributed by atoms with Gasteiger partial charge in [-0.05, 0) is 32.9 Å². The predicted molar refractivity (Wildman–Crippen MR) is 82.0 cm³/mol. The van der Waals surface area contributed by atoms with Gasteiger partial charge in [-0.25, -0.2) is 9.98 Å². The Labute approximate surface area is 123 Å². The molecule has 2 aromatic heterocycles. The Kier molecular flexibility index (Phi) is 5.17. The molecule has 0 saturated carbocycles. The summed E-state index contributed by atoms with van der Waals surface area (Å²) < 4.78 is 5.27. The maximum Gasteiger partial charge on any atom is 0.192 e. The molecule has 2 aromatic rings. The highest BCUT2D eigenvalue weighted by atomic mass is 32.1. The molecule has 0 spiro atoms. The molecule has 0 atom stereocenters. The third kappa shape index (κ3) is 4.09. The molecule has 108 valence electrons. The van der Waals surface area contributed by atoms with Crippen LogP contribution in [0.25, 0.3) is 0 Å². The van der Waals surface area contributed by atoms with Gasteiger partial charge >= 0.3 is 0 Å². The van der Waals surface area contributed by atoms with E-state index in [1.807, 2.05) is 26.0 Å². The number of hydrogen-bond acceptors (Lipinski definition) is 4. The Morgan fingerprint density at radius 3 is 2.85 bits per heavy atom. The van der Waals surface area contributed by atoms with Crippen molar-refractivity contribution >= 4 is 17.3 Å². The van der Waals surface area contributed by atoms with Crippen molar-refractivity contribution in [3.63, 3.8) is 0 Å². The molecule has 0 radical (unpaired) electrons. The van der Waals surface area contributed by atoms with Crippen LogP contribution in [0.1, 0.15) is 28.3 Å². The summed E-state index contributed by atoms with van der Waals surface area (Å²) >= 11 is 1.72. The second-order valence-electron chi connectivity index (χ2n) is 4.38. The average molecular weight is 292 g/mol. The predicted octanol–water partition coefficient (Wildman–Crippen LogP) is 2.61. The van der Waals surface area contributed by atoms with Crippen molar-refractivity contribution in [1.29, 1.82) is 0 Å². The van der Waals surface area contributed by atoms with Crippen LogP contribution >= 0.6 is 11.3 Å². The summed E-state index contributed by atoms with van der Waals surface area (Å²) in [4.78, 5) is 10.2. The third-order valence-corrected chi connectivity index (χ3v) is 3.87. The quantitative estimate of drug-likeness (QED) is 0.657. The highest BCUT2D eigenvalue weighted by molar-refractivity contribution is 7.11. The van der Waals surface area contributed by atoms with Crippen LogP contribution in [0.5, 0.6) is 0 Å². The van der Waals surface area contributed by atoms with E-state index in [4.69, 9.17) is 4.42 Å². The van der Waals surface area contributed by atoms with Gasteiger partial charge in [0.15, 0.2) is 5.96 Å². The number of aryl methyl sites for hydroxylation is 2. The van der Waals surface area contributed by atoms with Crippen LogP contribution in [-0.4, -0.2) is 17.5 Å². The molecule has 0 bridgehead atoms. The van der Waals surface area contributed by atoms with E-state index in [1.54, 1.807) is 17.6 Å². The molecule has 2 rings (SSSR count). The van der Waals surface area contributed by atoms with Gasteiger partial charge in [-0.3, -0.25) is 0 Å². The summed E-state index contributed by atoms with van der Waals surface area (Å²) in [6, 6.07) is 3.78. The fourth-order valence-corrected chi connectivity index (χ4v) is 2.55. The largest absolute Gasteiger partial charge is 0.467 e. The van der Waals surface area contributed by atoms with Gasteiger partial charge in [-0.15, -0.1) is 11.3 Å². The monoisotopic (exact) mass is 292 g/mol. The van der Waals surface area contributed by atoms with E-state index in [2.05, 4.69) is 27.5 Å². The number of nitrogens with zero attached hydrogens (tertiary/aromatic N) is 2. The lowest BCUT2D eigenvalue weighted by atomic mass is 10.4. The first-order chi connectivity index (χ1) is 9.69. The minimum atomic E-state index is 0.526. The Morgan fingerprint density at radius 2 is 2.25 bits per heavy atom. The van der Waals surface area contributed by atoms with E-state index in [-0.39, 0.29) is 0 Å². The summed E-state index contributed by atoms with van der Waals surface area (Å²) in [6.07, 6.45) is 1.66. The number of aromatic nitrogens is 1. The molecule has 2 N–H and O–H groups in total. The van der Waals surface area contributed by atoms with Crippen LogP contribution in [0, 0.1) is 13.8 Å². The van der Waals surface area contributed by atoms with Crippen molar-refractivity contribution in [2.45, 2.75) is 33.9 Å². The molecule has 5 nitrogen and oxygen atoms in total. The summed E-state index contributed by atoms with van der Waals surface area (Å²) in [7, 11) is 0. The second-order valence-corrected chi connectivity index (χ2v) is 5.67. The van der Waals surface area contributed by atoms with E-state index >= 15 is 0 Å². The third-order valence-electron chi connectivity index (χ3n) is 2.80. The molecule has 0 aliphatic carbocycles. The molecule has 6 heteroatoms. The zero-order valence-corrected chi connectivity index (χ0v) is 12.9. The summed E-state index contributed by atoms with van der Waals surface area (Å²) in [6.45, 7) is 8.20.